The lowest BCUT2D eigenvalue weighted by Gasteiger charge is -2.12. The van der Waals surface area contributed by atoms with Crippen LogP contribution in [0.1, 0.15) is 50.6 Å². The highest BCUT2D eigenvalue weighted by atomic mass is 16.1. The van der Waals surface area contributed by atoms with Gasteiger partial charge in [-0.15, -0.1) is 0 Å². The van der Waals surface area contributed by atoms with Gasteiger partial charge in [0.1, 0.15) is 5.78 Å². The Morgan fingerprint density at radius 3 is 2.57 bits per heavy atom. The highest BCUT2D eigenvalue weighted by molar-refractivity contribution is 5.82. The average molecular weight is 281 g/mol. The lowest BCUT2D eigenvalue weighted by atomic mass is 9.93. The van der Waals surface area contributed by atoms with E-state index in [1.807, 2.05) is 24.3 Å². The summed E-state index contributed by atoms with van der Waals surface area (Å²) in [5.41, 5.74) is 1.89. The Morgan fingerprint density at radius 1 is 1.00 bits per heavy atom. The number of aromatic nitrogens is 1. The zero-order valence-corrected chi connectivity index (χ0v) is 12.6. The summed E-state index contributed by atoms with van der Waals surface area (Å²) in [7, 11) is 0. The Morgan fingerprint density at radius 2 is 1.76 bits per heavy atom. The summed E-state index contributed by atoms with van der Waals surface area (Å²) in [6.07, 6.45) is 8.98. The molecule has 0 N–H and O–H groups in total. The molecule has 1 aromatic heterocycles. The normalized spacial score (nSPS) is 16.8. The molecule has 0 amide bonds. The van der Waals surface area contributed by atoms with Crippen molar-refractivity contribution in [2.45, 2.75) is 51.4 Å². The van der Waals surface area contributed by atoms with E-state index in [0.29, 0.717) is 18.1 Å². The number of para-hydroxylation sites is 1. The largest absolute Gasteiger partial charge is 0.299 e. The molecule has 2 heteroatoms. The Balaban J connectivity index is 1.62. The van der Waals surface area contributed by atoms with Crippen molar-refractivity contribution in [3.8, 4) is 0 Å². The standard InChI is InChI=1S/C19H23NO/c21-18(13-15-7-3-1-2-4-8-15)14-17-12-11-16-9-5-6-10-19(16)20-17/h5-6,9-12,15H,1-4,7-8,13-14H2. The third-order valence-corrected chi connectivity index (χ3v) is 4.53. The number of hydrogen-bond acceptors (Lipinski definition) is 2. The monoisotopic (exact) mass is 281 g/mol. The molecule has 0 unspecified atom stereocenters. The van der Waals surface area contributed by atoms with E-state index in [9.17, 15) is 4.79 Å². The minimum absolute atomic E-state index is 0.352. The number of pyridine rings is 1. The number of carbonyl (C=O) groups excluding carboxylic acids is 1. The van der Waals surface area contributed by atoms with Crippen LogP contribution >= 0.6 is 0 Å². The topological polar surface area (TPSA) is 30.0 Å². The lowest BCUT2D eigenvalue weighted by molar-refractivity contribution is -0.119. The Bertz CT molecular complexity index is 612. The molecule has 0 saturated heterocycles. The van der Waals surface area contributed by atoms with Crippen LogP contribution in [0.3, 0.4) is 0 Å². The second-order valence-electron chi connectivity index (χ2n) is 6.27. The molecule has 1 fully saturated rings. The quantitative estimate of drug-likeness (QED) is 0.760. The summed E-state index contributed by atoms with van der Waals surface area (Å²) in [5, 5.41) is 1.14. The van der Waals surface area contributed by atoms with Gasteiger partial charge in [0.25, 0.3) is 0 Å². The molecule has 0 bridgehead atoms. The van der Waals surface area contributed by atoms with E-state index in [0.717, 1.165) is 23.0 Å². The molecule has 21 heavy (non-hydrogen) atoms. The van der Waals surface area contributed by atoms with Crippen LogP contribution in [0.2, 0.25) is 0 Å². The molecular formula is C19H23NO. The molecule has 0 radical (unpaired) electrons. The third-order valence-electron chi connectivity index (χ3n) is 4.53. The van der Waals surface area contributed by atoms with Crippen LogP contribution in [-0.4, -0.2) is 10.8 Å². The van der Waals surface area contributed by atoms with Gasteiger partial charge in [-0.3, -0.25) is 9.78 Å². The van der Waals surface area contributed by atoms with E-state index in [1.54, 1.807) is 0 Å². The minimum atomic E-state index is 0.352. The number of fused-ring (bicyclic) bond motifs is 1. The van der Waals surface area contributed by atoms with Gasteiger partial charge in [0.15, 0.2) is 0 Å². The Hall–Kier alpha value is -1.70. The Kier molecular flexibility index (Phi) is 4.64. The maximum atomic E-state index is 12.3. The summed E-state index contributed by atoms with van der Waals surface area (Å²) < 4.78 is 0. The fourth-order valence-electron chi connectivity index (χ4n) is 3.37. The van der Waals surface area contributed by atoms with Crippen molar-refractivity contribution in [2.75, 3.05) is 0 Å². The molecule has 1 aliphatic carbocycles. The van der Waals surface area contributed by atoms with E-state index < -0.39 is 0 Å². The predicted molar refractivity (Wildman–Crippen MR) is 86.3 cm³/mol. The summed E-state index contributed by atoms with van der Waals surface area (Å²) >= 11 is 0. The van der Waals surface area contributed by atoms with Gasteiger partial charge in [0.05, 0.1) is 5.52 Å². The van der Waals surface area contributed by atoms with Crippen LogP contribution in [0.25, 0.3) is 10.9 Å². The first-order chi connectivity index (χ1) is 10.3. The summed E-state index contributed by atoms with van der Waals surface area (Å²) in [6, 6.07) is 12.1. The molecule has 0 spiro atoms. The van der Waals surface area contributed by atoms with Crippen molar-refractivity contribution in [3.05, 3.63) is 42.1 Å². The van der Waals surface area contributed by atoms with Gasteiger partial charge in [-0.1, -0.05) is 62.8 Å². The predicted octanol–water partition coefficient (Wildman–Crippen LogP) is 4.71. The van der Waals surface area contributed by atoms with Crippen molar-refractivity contribution < 1.29 is 4.79 Å². The van der Waals surface area contributed by atoms with E-state index in [1.165, 1.54) is 38.5 Å². The smallest absolute Gasteiger partial charge is 0.139 e. The second kappa shape index (κ2) is 6.84. The zero-order valence-electron chi connectivity index (χ0n) is 12.6. The van der Waals surface area contributed by atoms with Crippen LogP contribution in [0, 0.1) is 5.92 Å². The van der Waals surface area contributed by atoms with Crippen LogP contribution in [-0.2, 0) is 11.2 Å². The number of ketones is 1. The first kappa shape index (κ1) is 14.2. The molecule has 3 rings (SSSR count). The molecule has 1 aromatic carbocycles. The zero-order chi connectivity index (χ0) is 14.5. The van der Waals surface area contributed by atoms with Gasteiger partial charge in [0, 0.05) is 23.9 Å². The van der Waals surface area contributed by atoms with Crippen molar-refractivity contribution in [3.63, 3.8) is 0 Å². The van der Waals surface area contributed by atoms with E-state index in [-0.39, 0.29) is 0 Å². The average Bonchev–Trinajstić information content (AvgIpc) is 2.75. The number of nitrogens with zero attached hydrogens (tertiary/aromatic N) is 1. The van der Waals surface area contributed by atoms with E-state index >= 15 is 0 Å². The number of hydrogen-bond donors (Lipinski definition) is 0. The maximum Gasteiger partial charge on any atom is 0.139 e. The number of Topliss-reactive ketones (excluding diaryl/α,β-unsaturated/α-hetero) is 1. The van der Waals surface area contributed by atoms with Crippen molar-refractivity contribution in [2.24, 2.45) is 5.92 Å². The summed E-state index contributed by atoms with van der Waals surface area (Å²) in [5.74, 6) is 0.963. The molecule has 1 aliphatic rings. The fourth-order valence-corrected chi connectivity index (χ4v) is 3.37. The van der Waals surface area contributed by atoms with Gasteiger partial charge >= 0.3 is 0 Å². The van der Waals surface area contributed by atoms with Gasteiger partial charge in [-0.2, -0.15) is 0 Å². The molecule has 110 valence electrons. The van der Waals surface area contributed by atoms with Crippen molar-refractivity contribution >= 4 is 16.7 Å². The van der Waals surface area contributed by atoms with Gasteiger partial charge < -0.3 is 0 Å². The fraction of sp³-hybridized carbons (Fsp3) is 0.474. The van der Waals surface area contributed by atoms with Crippen molar-refractivity contribution in [1.82, 2.24) is 4.98 Å². The maximum absolute atomic E-state index is 12.3. The highest BCUT2D eigenvalue weighted by Gasteiger charge is 2.16. The first-order valence-corrected chi connectivity index (χ1v) is 8.17. The van der Waals surface area contributed by atoms with E-state index in [4.69, 9.17) is 0 Å². The summed E-state index contributed by atoms with van der Waals surface area (Å²) in [6.45, 7) is 0. The first-order valence-electron chi connectivity index (χ1n) is 8.17. The number of rotatable bonds is 4. The molecule has 1 saturated carbocycles. The van der Waals surface area contributed by atoms with E-state index in [2.05, 4.69) is 17.1 Å². The van der Waals surface area contributed by atoms with Crippen LogP contribution < -0.4 is 0 Å². The third kappa shape index (κ3) is 3.90. The second-order valence-corrected chi connectivity index (χ2v) is 6.27. The molecule has 2 nitrogen and oxygen atoms in total. The van der Waals surface area contributed by atoms with Crippen LogP contribution in [0.4, 0.5) is 0 Å². The molecule has 0 aliphatic heterocycles. The SMILES string of the molecule is O=C(Cc1ccc2ccccc2n1)CC1CCCCCC1. The molecule has 2 aromatic rings. The minimum Gasteiger partial charge on any atom is -0.299 e. The van der Waals surface area contributed by atoms with Gasteiger partial charge in [-0.05, 0) is 18.1 Å². The number of benzene rings is 1. The van der Waals surface area contributed by atoms with Gasteiger partial charge in [0.2, 0.25) is 0 Å². The lowest BCUT2D eigenvalue weighted by Crippen LogP contribution is -2.11. The van der Waals surface area contributed by atoms with Crippen LogP contribution in [0.15, 0.2) is 36.4 Å². The Labute approximate surface area is 126 Å². The van der Waals surface area contributed by atoms with Crippen LogP contribution in [0.5, 0.6) is 0 Å². The molecule has 0 atom stereocenters. The number of carbonyl (C=O) groups is 1. The van der Waals surface area contributed by atoms with Gasteiger partial charge in [-0.25, -0.2) is 0 Å². The molecular weight excluding hydrogens is 258 g/mol. The highest BCUT2D eigenvalue weighted by Crippen LogP contribution is 2.26. The molecule has 1 heterocycles. The summed E-state index contributed by atoms with van der Waals surface area (Å²) in [4.78, 5) is 16.9. The van der Waals surface area contributed by atoms with Crippen molar-refractivity contribution in [1.29, 1.82) is 0 Å².